The number of nitro benzene ring substituents is 1. The molecule has 0 saturated carbocycles. The summed E-state index contributed by atoms with van der Waals surface area (Å²) in [5.41, 5.74) is -2.16. The van der Waals surface area contributed by atoms with Gasteiger partial charge in [-0.1, -0.05) is 29.3 Å². The fraction of sp³-hybridized carbons (Fsp3) is 0.167. The highest BCUT2D eigenvalue weighted by molar-refractivity contribution is 6.35. The first-order valence-corrected chi connectivity index (χ1v) is 9.12. The Morgan fingerprint density at radius 1 is 1.27 bits per heavy atom. The molecule has 0 aliphatic carbocycles. The third kappa shape index (κ3) is 3.91. The Kier molecular flexibility index (Phi) is 5.64. The number of hydrogen-bond acceptors (Lipinski definition) is 5. The number of urea groups is 1. The Hall–Kier alpha value is -3.24. The van der Waals surface area contributed by atoms with Crippen LogP contribution in [0.4, 0.5) is 20.6 Å². The van der Waals surface area contributed by atoms with Crippen molar-refractivity contribution in [2.45, 2.75) is 12.5 Å². The third-order valence-corrected chi connectivity index (χ3v) is 5.03. The molecule has 2 N–H and O–H groups in total. The van der Waals surface area contributed by atoms with Gasteiger partial charge in [0.2, 0.25) is 5.91 Å². The van der Waals surface area contributed by atoms with Crippen LogP contribution in [0.25, 0.3) is 0 Å². The molecular weight excluding hydrogens is 442 g/mol. The van der Waals surface area contributed by atoms with Crippen molar-refractivity contribution in [3.05, 3.63) is 67.9 Å². The average Bonchev–Trinajstić information content (AvgIpc) is 2.87. The number of carbonyl (C=O) groups is 3. The lowest BCUT2D eigenvalue weighted by Gasteiger charge is -2.23. The summed E-state index contributed by atoms with van der Waals surface area (Å²) in [5.74, 6) is -2.60. The summed E-state index contributed by atoms with van der Waals surface area (Å²) in [6.07, 6.45) is 0. The van der Waals surface area contributed by atoms with Crippen LogP contribution in [0.5, 0.6) is 0 Å². The molecule has 2 aromatic carbocycles. The molecule has 0 aromatic heterocycles. The van der Waals surface area contributed by atoms with E-state index in [9.17, 15) is 28.9 Å². The van der Waals surface area contributed by atoms with E-state index in [0.29, 0.717) is 9.92 Å². The summed E-state index contributed by atoms with van der Waals surface area (Å²) in [6.45, 7) is 0.675. The Morgan fingerprint density at radius 3 is 2.60 bits per heavy atom. The molecule has 4 amide bonds. The number of non-ortho nitro benzene ring substituents is 1. The number of nitro groups is 1. The maximum Gasteiger partial charge on any atom is 0.325 e. The SMILES string of the molecule is CC1(c2ccc(Cl)cc2Cl)NC(=O)N(CC(=O)Nc2cc([N+](=O)[O-])ccc2F)C1=O. The van der Waals surface area contributed by atoms with Gasteiger partial charge in [-0.05, 0) is 25.1 Å². The average molecular weight is 455 g/mol. The number of amides is 4. The topological polar surface area (TPSA) is 122 Å². The number of hydrogen-bond donors (Lipinski definition) is 2. The van der Waals surface area contributed by atoms with Crippen LogP contribution in [0.2, 0.25) is 10.0 Å². The Bertz CT molecular complexity index is 1100. The minimum Gasteiger partial charge on any atom is -0.322 e. The number of nitrogens with one attached hydrogen (secondary N) is 2. The molecule has 0 radical (unpaired) electrons. The van der Waals surface area contributed by atoms with E-state index in [1.807, 2.05) is 0 Å². The van der Waals surface area contributed by atoms with Crippen molar-refractivity contribution in [3.8, 4) is 0 Å². The molecule has 12 heteroatoms. The summed E-state index contributed by atoms with van der Waals surface area (Å²) >= 11 is 12.0. The van der Waals surface area contributed by atoms with Crippen molar-refractivity contribution in [3.63, 3.8) is 0 Å². The fourth-order valence-electron chi connectivity index (χ4n) is 2.97. The molecule has 0 spiro atoms. The molecule has 156 valence electrons. The molecule has 1 atom stereocenters. The second kappa shape index (κ2) is 7.88. The van der Waals surface area contributed by atoms with Gasteiger partial charge in [0.05, 0.1) is 10.6 Å². The molecule has 30 heavy (non-hydrogen) atoms. The van der Waals surface area contributed by atoms with Crippen molar-refractivity contribution in [2.75, 3.05) is 11.9 Å². The zero-order valence-corrected chi connectivity index (χ0v) is 16.8. The van der Waals surface area contributed by atoms with Crippen LogP contribution in [0.15, 0.2) is 36.4 Å². The summed E-state index contributed by atoms with van der Waals surface area (Å²) in [5, 5.41) is 15.9. The molecular formula is C18H13Cl2FN4O5. The van der Waals surface area contributed by atoms with E-state index in [1.54, 1.807) is 0 Å². The van der Waals surface area contributed by atoms with Gasteiger partial charge in [-0.2, -0.15) is 0 Å². The van der Waals surface area contributed by atoms with E-state index < -0.39 is 52.0 Å². The van der Waals surface area contributed by atoms with E-state index >= 15 is 0 Å². The maximum absolute atomic E-state index is 13.9. The van der Waals surface area contributed by atoms with Crippen LogP contribution >= 0.6 is 23.2 Å². The van der Waals surface area contributed by atoms with Crippen LogP contribution in [-0.2, 0) is 15.1 Å². The molecule has 0 bridgehead atoms. The van der Waals surface area contributed by atoms with Crippen LogP contribution in [-0.4, -0.2) is 34.2 Å². The van der Waals surface area contributed by atoms with E-state index in [1.165, 1.54) is 25.1 Å². The van der Waals surface area contributed by atoms with E-state index in [-0.39, 0.29) is 10.6 Å². The van der Waals surface area contributed by atoms with Crippen molar-refractivity contribution >= 4 is 52.4 Å². The van der Waals surface area contributed by atoms with Crippen LogP contribution in [0, 0.1) is 15.9 Å². The molecule has 3 rings (SSSR count). The van der Waals surface area contributed by atoms with E-state index in [0.717, 1.165) is 18.2 Å². The molecule has 1 aliphatic rings. The summed E-state index contributed by atoms with van der Waals surface area (Å²) in [7, 11) is 0. The lowest BCUT2D eigenvalue weighted by atomic mass is 9.92. The zero-order valence-electron chi connectivity index (χ0n) is 15.2. The summed E-state index contributed by atoms with van der Waals surface area (Å²) < 4.78 is 13.9. The molecule has 2 aromatic rings. The van der Waals surface area contributed by atoms with Crippen LogP contribution < -0.4 is 10.6 Å². The van der Waals surface area contributed by atoms with E-state index in [4.69, 9.17) is 23.2 Å². The Labute approximate surface area is 178 Å². The summed E-state index contributed by atoms with van der Waals surface area (Å²) in [6, 6.07) is 6.10. The smallest absolute Gasteiger partial charge is 0.322 e. The Morgan fingerprint density at radius 2 is 1.97 bits per heavy atom. The number of carbonyl (C=O) groups excluding carboxylic acids is 3. The van der Waals surface area contributed by atoms with Gasteiger partial charge in [0.1, 0.15) is 17.9 Å². The van der Waals surface area contributed by atoms with Gasteiger partial charge in [0.25, 0.3) is 11.6 Å². The van der Waals surface area contributed by atoms with Crippen molar-refractivity contribution < 1.29 is 23.7 Å². The van der Waals surface area contributed by atoms with Crippen molar-refractivity contribution in [1.29, 1.82) is 0 Å². The maximum atomic E-state index is 13.9. The number of nitrogens with zero attached hydrogens (tertiary/aromatic N) is 2. The van der Waals surface area contributed by atoms with Gasteiger partial charge < -0.3 is 10.6 Å². The van der Waals surface area contributed by atoms with Gasteiger partial charge in [0.15, 0.2) is 0 Å². The first kappa shape index (κ1) is 21.5. The molecule has 1 saturated heterocycles. The van der Waals surface area contributed by atoms with Crippen molar-refractivity contribution in [1.82, 2.24) is 10.2 Å². The zero-order chi connectivity index (χ0) is 22.2. The quantitative estimate of drug-likeness (QED) is 0.407. The van der Waals surface area contributed by atoms with Crippen LogP contribution in [0.3, 0.4) is 0 Å². The largest absolute Gasteiger partial charge is 0.325 e. The third-order valence-electron chi connectivity index (χ3n) is 4.48. The van der Waals surface area contributed by atoms with Gasteiger partial charge in [-0.3, -0.25) is 24.6 Å². The normalized spacial score (nSPS) is 18.3. The molecule has 9 nitrogen and oxygen atoms in total. The highest BCUT2D eigenvalue weighted by Crippen LogP contribution is 2.35. The molecule has 1 heterocycles. The summed E-state index contributed by atoms with van der Waals surface area (Å²) in [4.78, 5) is 48.2. The highest BCUT2D eigenvalue weighted by Gasteiger charge is 2.50. The predicted octanol–water partition coefficient (Wildman–Crippen LogP) is 3.45. The van der Waals surface area contributed by atoms with Gasteiger partial charge in [0, 0.05) is 27.7 Å². The molecule has 1 aliphatic heterocycles. The standard InChI is InChI=1S/C18H13Cl2FN4O5/c1-18(11-4-2-9(19)6-12(11)20)16(27)24(17(28)23-18)8-15(26)22-14-7-10(25(29)30)3-5-13(14)21/h2-7H,8H2,1H3,(H,22,26)(H,23,28). The first-order chi connectivity index (χ1) is 14.0. The number of benzene rings is 2. The minimum absolute atomic E-state index is 0.142. The monoisotopic (exact) mass is 454 g/mol. The first-order valence-electron chi connectivity index (χ1n) is 8.36. The second-order valence-corrected chi connectivity index (χ2v) is 7.38. The van der Waals surface area contributed by atoms with E-state index in [2.05, 4.69) is 10.6 Å². The van der Waals surface area contributed by atoms with Gasteiger partial charge in [-0.15, -0.1) is 0 Å². The number of anilines is 1. The van der Waals surface area contributed by atoms with Crippen LogP contribution in [0.1, 0.15) is 12.5 Å². The van der Waals surface area contributed by atoms with Crippen molar-refractivity contribution in [2.24, 2.45) is 0 Å². The second-order valence-electron chi connectivity index (χ2n) is 6.54. The molecule has 1 unspecified atom stereocenters. The number of halogens is 3. The highest BCUT2D eigenvalue weighted by atomic mass is 35.5. The lowest BCUT2D eigenvalue weighted by molar-refractivity contribution is -0.384. The Balaban J connectivity index is 1.80. The number of imide groups is 1. The minimum atomic E-state index is -1.55. The fourth-order valence-corrected chi connectivity index (χ4v) is 3.57. The van der Waals surface area contributed by atoms with Gasteiger partial charge in [-0.25, -0.2) is 9.18 Å². The predicted molar refractivity (Wildman–Crippen MR) is 106 cm³/mol. The van der Waals surface area contributed by atoms with Gasteiger partial charge >= 0.3 is 6.03 Å². The molecule has 1 fully saturated rings. The number of rotatable bonds is 5. The lowest BCUT2D eigenvalue weighted by Crippen LogP contribution is -2.42.